The van der Waals surface area contributed by atoms with Crippen LogP contribution in [0, 0.1) is 11.8 Å². The molecule has 1 N–H and O–H groups in total. The van der Waals surface area contributed by atoms with Gasteiger partial charge < -0.3 is 10.0 Å². The molecular formula is C14H25NO3. The van der Waals surface area contributed by atoms with Crippen LogP contribution in [0.5, 0.6) is 0 Å². The molecule has 1 saturated carbocycles. The lowest BCUT2D eigenvalue weighted by Crippen LogP contribution is -2.38. The van der Waals surface area contributed by atoms with Crippen molar-refractivity contribution in [2.45, 2.75) is 51.9 Å². The summed E-state index contributed by atoms with van der Waals surface area (Å²) < 4.78 is 0. The van der Waals surface area contributed by atoms with E-state index < -0.39 is 5.97 Å². The van der Waals surface area contributed by atoms with Crippen molar-refractivity contribution in [1.82, 2.24) is 4.90 Å². The summed E-state index contributed by atoms with van der Waals surface area (Å²) >= 11 is 0. The average Bonchev–Trinajstić information content (AvgIpc) is 2.35. The van der Waals surface area contributed by atoms with Gasteiger partial charge >= 0.3 is 5.97 Å². The lowest BCUT2D eigenvalue weighted by Gasteiger charge is -2.30. The Hall–Kier alpha value is -1.06. The Labute approximate surface area is 109 Å². The van der Waals surface area contributed by atoms with Crippen molar-refractivity contribution < 1.29 is 14.7 Å². The van der Waals surface area contributed by atoms with Crippen LogP contribution >= 0.6 is 0 Å². The zero-order chi connectivity index (χ0) is 13.5. The molecule has 1 fully saturated rings. The monoisotopic (exact) mass is 255 g/mol. The van der Waals surface area contributed by atoms with Crippen LogP contribution in [0.1, 0.15) is 51.9 Å². The van der Waals surface area contributed by atoms with Gasteiger partial charge in [-0.2, -0.15) is 0 Å². The number of aliphatic carboxylic acids is 1. The third-order valence-electron chi connectivity index (χ3n) is 3.91. The number of likely N-dealkylation sites (N-methyl/N-ethyl adjacent to an activating group) is 1. The van der Waals surface area contributed by atoms with Crippen LogP contribution in [0.2, 0.25) is 0 Å². The van der Waals surface area contributed by atoms with Crippen LogP contribution in [-0.4, -0.2) is 35.5 Å². The van der Waals surface area contributed by atoms with E-state index in [1.54, 1.807) is 7.05 Å². The number of hydrogen-bond donors (Lipinski definition) is 1. The molecule has 0 aromatic heterocycles. The number of carbonyl (C=O) groups excluding carboxylic acids is 1. The van der Waals surface area contributed by atoms with Gasteiger partial charge in [-0.15, -0.1) is 0 Å². The Kier molecular flexibility index (Phi) is 6.16. The molecule has 4 heteroatoms. The maximum atomic E-state index is 12.0. The molecular weight excluding hydrogens is 230 g/mol. The van der Waals surface area contributed by atoms with Crippen LogP contribution in [-0.2, 0) is 9.59 Å². The molecule has 104 valence electrons. The summed E-state index contributed by atoms with van der Waals surface area (Å²) in [5.74, 6) is -0.111. The molecule has 1 rings (SSSR count). The molecule has 0 radical (unpaired) electrons. The van der Waals surface area contributed by atoms with Gasteiger partial charge in [-0.3, -0.25) is 9.59 Å². The number of carboxylic acid groups (broad SMARTS) is 1. The highest BCUT2D eigenvalue weighted by molar-refractivity contribution is 5.82. The summed E-state index contributed by atoms with van der Waals surface area (Å²) in [6.07, 6.45) is 7.90. The van der Waals surface area contributed by atoms with E-state index in [1.165, 1.54) is 24.2 Å². The largest absolute Gasteiger partial charge is 0.480 e. The van der Waals surface area contributed by atoms with Crippen molar-refractivity contribution >= 4 is 11.9 Å². The number of carboxylic acids is 1. The van der Waals surface area contributed by atoms with E-state index in [0.29, 0.717) is 0 Å². The predicted molar refractivity (Wildman–Crippen MR) is 70.2 cm³/mol. The topological polar surface area (TPSA) is 57.6 Å². The third-order valence-corrected chi connectivity index (χ3v) is 3.91. The molecule has 0 saturated heterocycles. The van der Waals surface area contributed by atoms with E-state index in [0.717, 1.165) is 31.6 Å². The summed E-state index contributed by atoms with van der Waals surface area (Å²) in [6, 6.07) is 0. The smallest absolute Gasteiger partial charge is 0.323 e. The predicted octanol–water partition coefficient (Wildman–Crippen LogP) is 2.53. The number of amides is 1. The minimum absolute atomic E-state index is 0.00587. The first-order chi connectivity index (χ1) is 8.54. The zero-order valence-electron chi connectivity index (χ0n) is 11.5. The molecule has 0 aromatic rings. The molecule has 1 amide bonds. The van der Waals surface area contributed by atoms with Gasteiger partial charge in [0.05, 0.1) is 0 Å². The highest BCUT2D eigenvalue weighted by atomic mass is 16.4. The molecule has 1 aliphatic carbocycles. The van der Waals surface area contributed by atoms with Gasteiger partial charge in [0, 0.05) is 13.0 Å². The standard InChI is InChI=1S/C14H25NO3/c1-3-4-5-11-6-8-12(9-7-11)14(18)15(2)10-13(16)17/h11-12H,3-10H2,1-2H3,(H,16,17). The van der Waals surface area contributed by atoms with E-state index in [2.05, 4.69) is 6.92 Å². The Morgan fingerprint density at radius 2 is 1.83 bits per heavy atom. The molecule has 0 aliphatic heterocycles. The fourth-order valence-electron chi connectivity index (χ4n) is 2.78. The van der Waals surface area contributed by atoms with E-state index in [4.69, 9.17) is 5.11 Å². The quantitative estimate of drug-likeness (QED) is 0.793. The second kappa shape index (κ2) is 7.39. The van der Waals surface area contributed by atoms with Gasteiger partial charge in [0.25, 0.3) is 0 Å². The van der Waals surface area contributed by atoms with Gasteiger partial charge in [-0.25, -0.2) is 0 Å². The molecule has 0 spiro atoms. The summed E-state index contributed by atoms with van der Waals surface area (Å²) in [4.78, 5) is 23.9. The number of hydrogen-bond acceptors (Lipinski definition) is 2. The van der Waals surface area contributed by atoms with Gasteiger partial charge in [0.15, 0.2) is 0 Å². The molecule has 0 atom stereocenters. The minimum atomic E-state index is -0.942. The molecule has 0 unspecified atom stereocenters. The minimum Gasteiger partial charge on any atom is -0.480 e. The average molecular weight is 255 g/mol. The molecule has 0 heterocycles. The van der Waals surface area contributed by atoms with Crippen molar-refractivity contribution in [2.75, 3.05) is 13.6 Å². The fourth-order valence-corrected chi connectivity index (χ4v) is 2.78. The van der Waals surface area contributed by atoms with E-state index >= 15 is 0 Å². The Morgan fingerprint density at radius 3 is 2.33 bits per heavy atom. The second-order valence-electron chi connectivity index (χ2n) is 5.45. The SMILES string of the molecule is CCCCC1CCC(C(=O)N(C)CC(=O)O)CC1. The van der Waals surface area contributed by atoms with Gasteiger partial charge in [0.2, 0.25) is 5.91 Å². The fraction of sp³-hybridized carbons (Fsp3) is 0.857. The van der Waals surface area contributed by atoms with Gasteiger partial charge in [0.1, 0.15) is 6.54 Å². The first kappa shape index (κ1) is 15.0. The van der Waals surface area contributed by atoms with Crippen LogP contribution in [0.25, 0.3) is 0 Å². The number of nitrogens with zero attached hydrogens (tertiary/aromatic N) is 1. The second-order valence-corrected chi connectivity index (χ2v) is 5.45. The van der Waals surface area contributed by atoms with Gasteiger partial charge in [-0.1, -0.05) is 26.2 Å². The van der Waals surface area contributed by atoms with E-state index in [-0.39, 0.29) is 18.4 Å². The summed E-state index contributed by atoms with van der Waals surface area (Å²) in [5, 5.41) is 8.68. The molecule has 0 bridgehead atoms. The number of carbonyl (C=O) groups is 2. The summed E-state index contributed by atoms with van der Waals surface area (Å²) in [7, 11) is 1.58. The van der Waals surface area contributed by atoms with Crippen molar-refractivity contribution in [3.63, 3.8) is 0 Å². The molecule has 0 aromatic carbocycles. The van der Waals surface area contributed by atoms with Crippen molar-refractivity contribution in [3.05, 3.63) is 0 Å². The first-order valence-electron chi connectivity index (χ1n) is 7.01. The van der Waals surface area contributed by atoms with Gasteiger partial charge in [-0.05, 0) is 31.6 Å². The van der Waals surface area contributed by atoms with Crippen molar-refractivity contribution in [1.29, 1.82) is 0 Å². The summed E-state index contributed by atoms with van der Waals surface area (Å²) in [6.45, 7) is 2.02. The van der Waals surface area contributed by atoms with E-state index in [9.17, 15) is 9.59 Å². The highest BCUT2D eigenvalue weighted by Crippen LogP contribution is 2.32. The highest BCUT2D eigenvalue weighted by Gasteiger charge is 2.28. The first-order valence-corrected chi connectivity index (χ1v) is 7.01. The number of rotatable bonds is 6. The molecule has 4 nitrogen and oxygen atoms in total. The Bertz CT molecular complexity index is 283. The maximum absolute atomic E-state index is 12.0. The van der Waals surface area contributed by atoms with E-state index in [1.807, 2.05) is 0 Å². The molecule has 1 aliphatic rings. The Balaban J connectivity index is 2.33. The normalized spacial score (nSPS) is 23.7. The summed E-state index contributed by atoms with van der Waals surface area (Å²) in [5.41, 5.74) is 0. The zero-order valence-corrected chi connectivity index (χ0v) is 11.5. The Morgan fingerprint density at radius 1 is 1.22 bits per heavy atom. The van der Waals surface area contributed by atoms with Crippen LogP contribution < -0.4 is 0 Å². The third kappa shape index (κ3) is 4.67. The maximum Gasteiger partial charge on any atom is 0.323 e. The lowest BCUT2D eigenvalue weighted by molar-refractivity contribution is -0.145. The van der Waals surface area contributed by atoms with Crippen molar-refractivity contribution in [3.8, 4) is 0 Å². The van der Waals surface area contributed by atoms with Crippen molar-refractivity contribution in [2.24, 2.45) is 11.8 Å². The molecule has 18 heavy (non-hydrogen) atoms. The van der Waals surface area contributed by atoms with Crippen LogP contribution in [0.4, 0.5) is 0 Å². The lowest BCUT2D eigenvalue weighted by atomic mass is 9.79. The van der Waals surface area contributed by atoms with Crippen LogP contribution in [0.3, 0.4) is 0 Å². The van der Waals surface area contributed by atoms with Crippen LogP contribution in [0.15, 0.2) is 0 Å². The number of unbranched alkanes of at least 4 members (excludes halogenated alkanes) is 1.